The number of carbonyl (C=O) groups is 2. The first-order chi connectivity index (χ1) is 12.0. The van der Waals surface area contributed by atoms with Crippen molar-refractivity contribution in [2.45, 2.75) is 82.6 Å². The topological polar surface area (TPSA) is 49.4 Å². The van der Waals surface area contributed by atoms with E-state index in [4.69, 9.17) is 0 Å². The second kappa shape index (κ2) is 8.00. The maximum absolute atomic E-state index is 13.2. The number of amides is 2. The number of nitrogens with one attached hydrogen (secondary N) is 1. The molecule has 1 heterocycles. The largest absolute Gasteiger partial charge is 0.355 e. The van der Waals surface area contributed by atoms with Crippen molar-refractivity contribution in [3.05, 3.63) is 0 Å². The number of alkyl halides is 2. The van der Waals surface area contributed by atoms with Crippen LogP contribution in [-0.4, -0.2) is 41.8 Å². The summed E-state index contributed by atoms with van der Waals surface area (Å²) in [6, 6.07) is 0.395. The molecular formula is C19H30F2N2O2. The van der Waals surface area contributed by atoms with Crippen LogP contribution < -0.4 is 5.32 Å². The van der Waals surface area contributed by atoms with Crippen molar-refractivity contribution in [1.82, 2.24) is 10.2 Å². The molecule has 2 saturated carbocycles. The number of hydrogen-bond acceptors (Lipinski definition) is 2. The molecule has 0 aromatic carbocycles. The van der Waals surface area contributed by atoms with Crippen molar-refractivity contribution in [1.29, 1.82) is 0 Å². The molecule has 0 radical (unpaired) electrons. The van der Waals surface area contributed by atoms with E-state index in [0.717, 1.165) is 19.4 Å². The van der Waals surface area contributed by atoms with E-state index in [-0.39, 0.29) is 43.4 Å². The van der Waals surface area contributed by atoms with E-state index in [1.165, 1.54) is 25.7 Å². The zero-order valence-corrected chi connectivity index (χ0v) is 14.9. The summed E-state index contributed by atoms with van der Waals surface area (Å²) in [5, 5.41) is 2.79. The smallest absolute Gasteiger partial charge is 0.248 e. The number of piperidine rings is 1. The minimum atomic E-state index is -2.61. The van der Waals surface area contributed by atoms with Crippen molar-refractivity contribution in [3.63, 3.8) is 0 Å². The summed E-state index contributed by atoms with van der Waals surface area (Å²) in [7, 11) is 0. The number of carbonyl (C=O) groups excluding carboxylic acids is 2. The lowest BCUT2D eigenvalue weighted by Gasteiger charge is -2.44. The Labute approximate surface area is 148 Å². The van der Waals surface area contributed by atoms with E-state index in [1.54, 1.807) is 0 Å². The van der Waals surface area contributed by atoms with Crippen molar-refractivity contribution in [2.75, 3.05) is 13.1 Å². The van der Waals surface area contributed by atoms with Gasteiger partial charge in [-0.25, -0.2) is 8.78 Å². The molecule has 0 aromatic rings. The van der Waals surface area contributed by atoms with Crippen molar-refractivity contribution in [3.8, 4) is 0 Å². The van der Waals surface area contributed by atoms with Gasteiger partial charge in [0.2, 0.25) is 17.7 Å². The summed E-state index contributed by atoms with van der Waals surface area (Å²) >= 11 is 0. The lowest BCUT2D eigenvalue weighted by atomic mass is 9.78. The molecule has 2 unspecified atom stereocenters. The Morgan fingerprint density at radius 1 is 1.00 bits per heavy atom. The van der Waals surface area contributed by atoms with Crippen LogP contribution in [0.2, 0.25) is 0 Å². The van der Waals surface area contributed by atoms with Gasteiger partial charge in [0, 0.05) is 44.3 Å². The summed E-state index contributed by atoms with van der Waals surface area (Å²) < 4.78 is 26.3. The standard InChI is InChI=1S/C19H30F2N2O2/c20-19(21)10-7-15(8-11-19)18(25)22-12-9-17(24)23-13-3-5-14-4-1-2-6-16(14)23/h14-16H,1-13H2,(H,22,25). The molecule has 4 nitrogen and oxygen atoms in total. The van der Waals surface area contributed by atoms with Crippen LogP contribution in [-0.2, 0) is 9.59 Å². The molecule has 1 saturated heterocycles. The normalized spacial score (nSPS) is 29.8. The molecule has 0 spiro atoms. The maximum Gasteiger partial charge on any atom is 0.248 e. The van der Waals surface area contributed by atoms with Gasteiger partial charge < -0.3 is 10.2 Å². The molecule has 1 N–H and O–H groups in total. The molecule has 3 rings (SSSR count). The third kappa shape index (κ3) is 4.70. The Balaban J connectivity index is 1.41. The van der Waals surface area contributed by atoms with Crippen LogP contribution in [0.4, 0.5) is 8.78 Å². The highest BCUT2D eigenvalue weighted by Gasteiger charge is 2.38. The number of hydrogen-bond donors (Lipinski definition) is 1. The van der Waals surface area contributed by atoms with E-state index in [2.05, 4.69) is 5.32 Å². The summed E-state index contributed by atoms with van der Waals surface area (Å²) in [4.78, 5) is 26.7. The lowest BCUT2D eigenvalue weighted by Crippen LogP contribution is -2.50. The number of nitrogens with zero attached hydrogens (tertiary/aromatic N) is 1. The van der Waals surface area contributed by atoms with Crippen LogP contribution in [0.1, 0.15) is 70.6 Å². The van der Waals surface area contributed by atoms with Gasteiger partial charge in [0.25, 0.3) is 0 Å². The minimum Gasteiger partial charge on any atom is -0.355 e. The first kappa shape index (κ1) is 18.6. The van der Waals surface area contributed by atoms with Crippen LogP contribution in [0.15, 0.2) is 0 Å². The first-order valence-corrected chi connectivity index (χ1v) is 9.91. The molecule has 0 aromatic heterocycles. The lowest BCUT2D eigenvalue weighted by molar-refractivity contribution is -0.137. The Morgan fingerprint density at radius 3 is 2.44 bits per heavy atom. The molecule has 6 heteroatoms. The SMILES string of the molecule is O=C(NCCC(=O)N1CCCC2CCCCC21)C1CCC(F)(F)CC1. The van der Waals surface area contributed by atoms with Crippen LogP contribution in [0, 0.1) is 11.8 Å². The number of likely N-dealkylation sites (tertiary alicyclic amines) is 1. The van der Waals surface area contributed by atoms with Gasteiger partial charge in [0.15, 0.2) is 0 Å². The molecule has 0 bridgehead atoms. The zero-order chi connectivity index (χ0) is 17.9. The number of halogens is 2. The van der Waals surface area contributed by atoms with Gasteiger partial charge in [-0.1, -0.05) is 12.8 Å². The summed E-state index contributed by atoms with van der Waals surface area (Å²) in [6.45, 7) is 1.16. The Kier molecular flexibility index (Phi) is 5.95. The Hall–Kier alpha value is -1.20. The molecule has 25 heavy (non-hydrogen) atoms. The second-order valence-corrected chi connectivity index (χ2v) is 8.01. The molecule has 1 aliphatic heterocycles. The van der Waals surface area contributed by atoms with Crippen LogP contribution in [0.25, 0.3) is 0 Å². The molecule has 2 amide bonds. The minimum absolute atomic E-state index is 0.132. The summed E-state index contributed by atoms with van der Waals surface area (Å²) in [6.07, 6.45) is 7.52. The predicted octanol–water partition coefficient (Wildman–Crippen LogP) is 3.50. The van der Waals surface area contributed by atoms with Gasteiger partial charge >= 0.3 is 0 Å². The van der Waals surface area contributed by atoms with Gasteiger partial charge in [-0.3, -0.25) is 9.59 Å². The van der Waals surface area contributed by atoms with Gasteiger partial charge in [0.05, 0.1) is 0 Å². The summed E-state index contributed by atoms with van der Waals surface area (Å²) in [5.74, 6) is -2.32. The fourth-order valence-electron chi connectivity index (χ4n) is 4.82. The molecular weight excluding hydrogens is 326 g/mol. The molecule has 2 aliphatic carbocycles. The van der Waals surface area contributed by atoms with Gasteiger partial charge in [-0.15, -0.1) is 0 Å². The van der Waals surface area contributed by atoms with E-state index < -0.39 is 5.92 Å². The highest BCUT2D eigenvalue weighted by molar-refractivity contribution is 5.80. The third-order valence-electron chi connectivity index (χ3n) is 6.29. The van der Waals surface area contributed by atoms with Gasteiger partial charge in [-0.05, 0) is 44.4 Å². The first-order valence-electron chi connectivity index (χ1n) is 9.91. The van der Waals surface area contributed by atoms with Crippen LogP contribution in [0.5, 0.6) is 0 Å². The molecule has 3 aliphatic rings. The second-order valence-electron chi connectivity index (χ2n) is 8.01. The quantitative estimate of drug-likeness (QED) is 0.838. The van der Waals surface area contributed by atoms with Crippen LogP contribution >= 0.6 is 0 Å². The summed E-state index contributed by atoms with van der Waals surface area (Å²) in [5.41, 5.74) is 0. The maximum atomic E-state index is 13.2. The number of fused-ring (bicyclic) bond motifs is 1. The van der Waals surface area contributed by atoms with E-state index >= 15 is 0 Å². The average Bonchev–Trinajstić information content (AvgIpc) is 2.61. The van der Waals surface area contributed by atoms with Gasteiger partial charge in [0.1, 0.15) is 0 Å². The highest BCUT2D eigenvalue weighted by Crippen LogP contribution is 2.36. The monoisotopic (exact) mass is 356 g/mol. The van der Waals surface area contributed by atoms with Crippen molar-refractivity contribution < 1.29 is 18.4 Å². The third-order valence-corrected chi connectivity index (χ3v) is 6.29. The molecule has 142 valence electrons. The van der Waals surface area contributed by atoms with E-state index in [0.29, 0.717) is 24.9 Å². The predicted molar refractivity (Wildman–Crippen MR) is 91.2 cm³/mol. The Bertz CT molecular complexity index is 486. The van der Waals surface area contributed by atoms with E-state index in [1.807, 2.05) is 4.90 Å². The van der Waals surface area contributed by atoms with Crippen LogP contribution in [0.3, 0.4) is 0 Å². The Morgan fingerprint density at radius 2 is 1.68 bits per heavy atom. The molecule has 2 atom stereocenters. The fourth-order valence-corrected chi connectivity index (χ4v) is 4.82. The van der Waals surface area contributed by atoms with Crippen molar-refractivity contribution in [2.24, 2.45) is 11.8 Å². The fraction of sp³-hybridized carbons (Fsp3) is 0.895. The van der Waals surface area contributed by atoms with Crippen molar-refractivity contribution >= 4 is 11.8 Å². The highest BCUT2D eigenvalue weighted by atomic mass is 19.3. The van der Waals surface area contributed by atoms with E-state index in [9.17, 15) is 18.4 Å². The zero-order valence-electron chi connectivity index (χ0n) is 14.9. The number of rotatable bonds is 4. The van der Waals surface area contributed by atoms with Gasteiger partial charge in [-0.2, -0.15) is 0 Å². The molecule has 3 fully saturated rings. The average molecular weight is 356 g/mol.